The molecule has 0 fully saturated rings. The molecule has 20 heavy (non-hydrogen) atoms. The van der Waals surface area contributed by atoms with Crippen molar-refractivity contribution in [3.63, 3.8) is 0 Å². The quantitative estimate of drug-likeness (QED) is 0.379. The second-order valence-electron chi connectivity index (χ2n) is 4.55. The van der Waals surface area contributed by atoms with Crippen LogP contribution in [0.5, 0.6) is 0 Å². The van der Waals surface area contributed by atoms with Crippen molar-refractivity contribution in [3.8, 4) is 0 Å². The third-order valence-corrected chi connectivity index (χ3v) is 2.61. The number of aliphatic hydroxyl groups excluding tert-OH is 2. The monoisotopic (exact) mass is 290 g/mol. The van der Waals surface area contributed by atoms with Crippen molar-refractivity contribution < 1.29 is 24.9 Å². The lowest BCUT2D eigenvalue weighted by molar-refractivity contribution is -0.131. The lowest BCUT2D eigenvalue weighted by Gasteiger charge is -2.10. The molecule has 0 heterocycles. The Labute approximate surface area is 122 Å². The predicted molar refractivity (Wildman–Crippen MR) is 79.7 cm³/mol. The van der Waals surface area contributed by atoms with E-state index in [1.807, 2.05) is 0 Å². The number of aliphatic hydroxyl groups is 2. The van der Waals surface area contributed by atoms with Crippen LogP contribution in [0, 0.1) is 0 Å². The fraction of sp³-hybridized carbons (Fsp3) is 0.800. The highest BCUT2D eigenvalue weighted by atomic mass is 16.5. The summed E-state index contributed by atoms with van der Waals surface area (Å²) in [4.78, 5) is 9.25. The highest BCUT2D eigenvalue weighted by Crippen LogP contribution is 2.08. The molecule has 5 nitrogen and oxygen atoms in total. The third-order valence-electron chi connectivity index (χ3n) is 2.61. The zero-order valence-electron chi connectivity index (χ0n) is 12.6. The molecule has 0 aromatic carbocycles. The zero-order chi connectivity index (χ0) is 15.6. The molecular formula is C15H30O5. The largest absolute Gasteiger partial charge is 0.478 e. The Hall–Kier alpha value is -0.910. The van der Waals surface area contributed by atoms with Gasteiger partial charge >= 0.3 is 5.97 Å². The van der Waals surface area contributed by atoms with Gasteiger partial charge in [-0.25, -0.2) is 4.79 Å². The van der Waals surface area contributed by atoms with Crippen molar-refractivity contribution in [1.82, 2.24) is 0 Å². The third kappa shape index (κ3) is 22.3. The van der Waals surface area contributed by atoms with E-state index in [1.165, 1.54) is 32.1 Å². The second kappa shape index (κ2) is 18.1. The Kier molecular flexibility index (Phi) is 19.3. The van der Waals surface area contributed by atoms with E-state index in [-0.39, 0.29) is 12.7 Å². The molecule has 1 atom stereocenters. The van der Waals surface area contributed by atoms with Gasteiger partial charge in [0.25, 0.3) is 0 Å². The number of rotatable bonds is 12. The van der Waals surface area contributed by atoms with Gasteiger partial charge in [0.2, 0.25) is 0 Å². The van der Waals surface area contributed by atoms with E-state index in [1.54, 1.807) is 0 Å². The van der Waals surface area contributed by atoms with Gasteiger partial charge in [0.05, 0.1) is 25.9 Å². The first-order chi connectivity index (χ1) is 9.58. The summed E-state index contributed by atoms with van der Waals surface area (Å²) < 4.78 is 5.04. The van der Waals surface area contributed by atoms with Gasteiger partial charge in [0.15, 0.2) is 0 Å². The van der Waals surface area contributed by atoms with Crippen LogP contribution in [0.4, 0.5) is 0 Å². The van der Waals surface area contributed by atoms with Crippen LogP contribution in [0.15, 0.2) is 12.7 Å². The Bertz CT molecular complexity index is 218. The summed E-state index contributed by atoms with van der Waals surface area (Å²) in [5.41, 5.74) is 0. The van der Waals surface area contributed by atoms with Crippen molar-refractivity contribution in [2.75, 3.05) is 19.8 Å². The van der Waals surface area contributed by atoms with E-state index in [2.05, 4.69) is 13.5 Å². The summed E-state index contributed by atoms with van der Waals surface area (Å²) >= 11 is 0. The van der Waals surface area contributed by atoms with Crippen LogP contribution in [0.25, 0.3) is 0 Å². The van der Waals surface area contributed by atoms with Gasteiger partial charge in [0.1, 0.15) is 0 Å². The predicted octanol–water partition coefficient (Wildman–Crippen LogP) is 2.36. The Morgan fingerprint density at radius 2 is 1.80 bits per heavy atom. The van der Waals surface area contributed by atoms with Crippen LogP contribution in [-0.4, -0.2) is 47.2 Å². The number of hydrogen-bond donors (Lipinski definition) is 3. The number of hydrogen-bond acceptors (Lipinski definition) is 4. The highest BCUT2D eigenvalue weighted by molar-refractivity contribution is 5.78. The first-order valence-corrected chi connectivity index (χ1v) is 7.30. The summed E-state index contributed by atoms with van der Waals surface area (Å²) in [5.74, 6) is -0.981. The van der Waals surface area contributed by atoms with Crippen LogP contribution in [0.3, 0.4) is 0 Å². The van der Waals surface area contributed by atoms with Crippen LogP contribution in [0.1, 0.15) is 51.9 Å². The van der Waals surface area contributed by atoms with Crippen molar-refractivity contribution in [2.45, 2.75) is 58.0 Å². The molecule has 3 N–H and O–H groups in total. The zero-order valence-corrected chi connectivity index (χ0v) is 12.6. The molecule has 5 heteroatoms. The molecule has 0 rings (SSSR count). The first kappa shape index (κ1) is 21.4. The molecule has 0 radical (unpaired) electrons. The lowest BCUT2D eigenvalue weighted by Crippen LogP contribution is -2.16. The number of carboxylic acids is 1. The number of carboxylic acid groups (broad SMARTS) is 1. The van der Waals surface area contributed by atoms with E-state index in [9.17, 15) is 9.90 Å². The number of ether oxygens (including phenoxy) is 1. The van der Waals surface area contributed by atoms with Gasteiger partial charge in [-0.3, -0.25) is 0 Å². The van der Waals surface area contributed by atoms with Crippen molar-refractivity contribution in [2.24, 2.45) is 0 Å². The van der Waals surface area contributed by atoms with Gasteiger partial charge in [-0.1, -0.05) is 52.0 Å². The molecule has 0 spiro atoms. The summed E-state index contributed by atoms with van der Waals surface area (Å²) in [6.45, 7) is 5.89. The standard InChI is InChI=1S/C12H26O3.C3H4O2/c1-2-3-4-5-6-7-8-12(14)11-15-10-9-13;1-2-3(4)5/h12-14H,2-11H2,1H3;2H,1H2,(H,4,5). The molecule has 0 saturated heterocycles. The van der Waals surface area contributed by atoms with E-state index in [4.69, 9.17) is 14.9 Å². The van der Waals surface area contributed by atoms with Crippen LogP contribution < -0.4 is 0 Å². The smallest absolute Gasteiger partial charge is 0.327 e. The average molecular weight is 290 g/mol. The summed E-state index contributed by atoms with van der Waals surface area (Å²) in [7, 11) is 0. The maximum atomic E-state index is 9.47. The average Bonchev–Trinajstić information content (AvgIpc) is 2.43. The summed E-state index contributed by atoms with van der Waals surface area (Å²) in [5, 5.41) is 25.5. The van der Waals surface area contributed by atoms with Crippen LogP contribution >= 0.6 is 0 Å². The maximum Gasteiger partial charge on any atom is 0.327 e. The molecule has 0 aliphatic heterocycles. The minimum Gasteiger partial charge on any atom is -0.478 e. The number of unbranched alkanes of at least 4 members (excludes halogenated alkanes) is 5. The highest BCUT2D eigenvalue weighted by Gasteiger charge is 2.03. The maximum absolute atomic E-state index is 9.47. The van der Waals surface area contributed by atoms with Crippen molar-refractivity contribution >= 4 is 5.97 Å². The molecule has 1 unspecified atom stereocenters. The SMILES string of the molecule is C=CC(=O)O.CCCCCCCCC(O)COCCO. The summed E-state index contributed by atoms with van der Waals surface area (Å²) in [6, 6.07) is 0. The molecule has 0 aromatic rings. The van der Waals surface area contributed by atoms with Crippen molar-refractivity contribution in [1.29, 1.82) is 0 Å². The van der Waals surface area contributed by atoms with Gasteiger partial charge in [-0.05, 0) is 6.42 Å². The van der Waals surface area contributed by atoms with Gasteiger partial charge in [-0.2, -0.15) is 0 Å². The number of aliphatic carboxylic acids is 1. The van der Waals surface area contributed by atoms with Gasteiger partial charge in [-0.15, -0.1) is 0 Å². The van der Waals surface area contributed by atoms with Crippen molar-refractivity contribution in [3.05, 3.63) is 12.7 Å². The van der Waals surface area contributed by atoms with E-state index in [0.29, 0.717) is 13.2 Å². The van der Waals surface area contributed by atoms with E-state index >= 15 is 0 Å². The molecule has 0 aliphatic carbocycles. The Balaban J connectivity index is 0. The summed E-state index contributed by atoms with van der Waals surface area (Å²) in [6.07, 6.45) is 8.76. The fourth-order valence-corrected chi connectivity index (χ4v) is 1.53. The first-order valence-electron chi connectivity index (χ1n) is 7.30. The fourth-order valence-electron chi connectivity index (χ4n) is 1.53. The molecular weight excluding hydrogens is 260 g/mol. The lowest BCUT2D eigenvalue weighted by atomic mass is 10.1. The molecule has 0 aromatic heterocycles. The molecule has 0 amide bonds. The van der Waals surface area contributed by atoms with Crippen LogP contribution in [0.2, 0.25) is 0 Å². The van der Waals surface area contributed by atoms with E-state index in [0.717, 1.165) is 18.9 Å². The normalized spacial score (nSPS) is 11.3. The molecule has 0 bridgehead atoms. The molecule has 0 aliphatic rings. The minimum atomic E-state index is -0.981. The van der Waals surface area contributed by atoms with Gasteiger partial charge in [0, 0.05) is 6.08 Å². The topological polar surface area (TPSA) is 87.0 Å². The Morgan fingerprint density at radius 3 is 2.30 bits per heavy atom. The van der Waals surface area contributed by atoms with E-state index < -0.39 is 5.97 Å². The molecule has 120 valence electrons. The Morgan fingerprint density at radius 1 is 1.25 bits per heavy atom. The molecule has 0 saturated carbocycles. The van der Waals surface area contributed by atoms with Crippen LogP contribution in [-0.2, 0) is 9.53 Å². The second-order valence-corrected chi connectivity index (χ2v) is 4.55. The minimum absolute atomic E-state index is 0.0315. The number of carbonyl (C=O) groups is 1. The van der Waals surface area contributed by atoms with Gasteiger partial charge < -0.3 is 20.1 Å².